The first-order chi connectivity index (χ1) is 11.2. The molecule has 0 aliphatic heterocycles. The van der Waals surface area contributed by atoms with Crippen molar-refractivity contribution in [2.24, 2.45) is 0 Å². The van der Waals surface area contributed by atoms with E-state index < -0.39 is 0 Å². The molecule has 0 atom stereocenters. The van der Waals surface area contributed by atoms with E-state index in [1.54, 1.807) is 24.3 Å². The van der Waals surface area contributed by atoms with Crippen molar-refractivity contribution in [3.63, 3.8) is 0 Å². The molecule has 0 radical (unpaired) electrons. The number of hydrogen-bond acceptors (Lipinski definition) is 7. The van der Waals surface area contributed by atoms with E-state index in [1.807, 2.05) is 13.0 Å². The molecule has 0 saturated heterocycles. The van der Waals surface area contributed by atoms with Gasteiger partial charge in [-0.2, -0.15) is 0 Å². The maximum atomic E-state index is 11.6. The van der Waals surface area contributed by atoms with Crippen molar-refractivity contribution in [3.8, 4) is 11.6 Å². The molecule has 4 rings (SSSR count). The molecule has 1 aromatic carbocycles. The van der Waals surface area contributed by atoms with Gasteiger partial charge >= 0.3 is 5.63 Å². The average molecular weight is 309 g/mol. The van der Waals surface area contributed by atoms with E-state index in [0.717, 1.165) is 17.4 Å². The van der Waals surface area contributed by atoms with Crippen molar-refractivity contribution in [2.45, 2.75) is 13.3 Å². The molecule has 3 aromatic heterocycles. The summed E-state index contributed by atoms with van der Waals surface area (Å²) in [6, 6.07) is 10.2. The average Bonchev–Trinajstić information content (AvgIpc) is 3.01. The molecule has 0 N–H and O–H groups in total. The van der Waals surface area contributed by atoms with Gasteiger partial charge in [-0.3, -0.25) is 0 Å². The summed E-state index contributed by atoms with van der Waals surface area (Å²) >= 11 is 0. The van der Waals surface area contributed by atoms with Crippen molar-refractivity contribution in [2.75, 3.05) is 0 Å². The standard InChI is InChI=1S/C15H11N5O3/c1-2-9-7-15(21)23-12-8-10(3-4-11(9)12)22-14-6-5-13-16-18-19-20(13)17-14/h3-8H,2H2,1H3. The second kappa shape index (κ2) is 5.16. The van der Waals surface area contributed by atoms with Crippen molar-refractivity contribution in [3.05, 3.63) is 52.4 Å². The number of aromatic nitrogens is 5. The van der Waals surface area contributed by atoms with Gasteiger partial charge < -0.3 is 9.15 Å². The van der Waals surface area contributed by atoms with Gasteiger partial charge in [0.2, 0.25) is 5.88 Å². The lowest BCUT2D eigenvalue weighted by Gasteiger charge is -2.07. The molecule has 4 aromatic rings. The van der Waals surface area contributed by atoms with E-state index in [2.05, 4.69) is 20.6 Å². The number of fused-ring (bicyclic) bond motifs is 2. The lowest BCUT2D eigenvalue weighted by molar-refractivity contribution is 0.446. The Bertz CT molecular complexity index is 1070. The summed E-state index contributed by atoms with van der Waals surface area (Å²) in [5, 5.41) is 16.0. The zero-order chi connectivity index (χ0) is 15.8. The fourth-order valence-electron chi connectivity index (χ4n) is 2.37. The van der Waals surface area contributed by atoms with E-state index in [9.17, 15) is 4.79 Å². The first kappa shape index (κ1) is 13.4. The maximum absolute atomic E-state index is 11.6. The van der Waals surface area contributed by atoms with Gasteiger partial charge in [-0.15, -0.1) is 14.8 Å². The number of nitrogens with zero attached hydrogens (tertiary/aromatic N) is 5. The number of aryl methyl sites for hydroxylation is 1. The quantitative estimate of drug-likeness (QED) is 0.534. The smallest absolute Gasteiger partial charge is 0.336 e. The highest BCUT2D eigenvalue weighted by molar-refractivity contribution is 5.81. The van der Waals surface area contributed by atoms with Gasteiger partial charge in [-0.25, -0.2) is 4.79 Å². The minimum Gasteiger partial charge on any atom is -0.437 e. The summed E-state index contributed by atoms with van der Waals surface area (Å²) in [4.78, 5) is 11.6. The van der Waals surface area contributed by atoms with Crippen molar-refractivity contribution in [1.29, 1.82) is 0 Å². The van der Waals surface area contributed by atoms with Crippen LogP contribution in [0.3, 0.4) is 0 Å². The van der Waals surface area contributed by atoms with Crippen molar-refractivity contribution < 1.29 is 9.15 Å². The Kier molecular flexibility index (Phi) is 3.00. The van der Waals surface area contributed by atoms with Crippen LogP contribution in [0.5, 0.6) is 11.6 Å². The first-order valence-electron chi connectivity index (χ1n) is 7.03. The Morgan fingerprint density at radius 3 is 3.00 bits per heavy atom. The number of tetrazole rings is 1. The van der Waals surface area contributed by atoms with Crippen LogP contribution < -0.4 is 10.4 Å². The molecule has 0 amide bonds. The summed E-state index contributed by atoms with van der Waals surface area (Å²) < 4.78 is 12.2. The van der Waals surface area contributed by atoms with Gasteiger partial charge in [0.1, 0.15) is 11.3 Å². The number of rotatable bonds is 3. The second-order valence-corrected chi connectivity index (χ2v) is 4.90. The summed E-state index contributed by atoms with van der Waals surface area (Å²) in [5.41, 5.74) is 1.57. The van der Waals surface area contributed by atoms with E-state index in [4.69, 9.17) is 9.15 Å². The molecule has 3 heterocycles. The summed E-state index contributed by atoms with van der Waals surface area (Å²) in [6.07, 6.45) is 0.750. The van der Waals surface area contributed by atoms with Gasteiger partial charge in [0.05, 0.1) is 0 Å². The highest BCUT2D eigenvalue weighted by Gasteiger charge is 2.08. The first-order valence-corrected chi connectivity index (χ1v) is 7.03. The second-order valence-electron chi connectivity index (χ2n) is 4.90. The number of ether oxygens (including phenoxy) is 1. The fourth-order valence-corrected chi connectivity index (χ4v) is 2.37. The third-order valence-electron chi connectivity index (χ3n) is 3.45. The highest BCUT2D eigenvalue weighted by Crippen LogP contribution is 2.26. The third kappa shape index (κ3) is 2.39. The fraction of sp³-hybridized carbons (Fsp3) is 0.133. The van der Waals surface area contributed by atoms with Crippen LogP contribution in [0.1, 0.15) is 12.5 Å². The minimum atomic E-state index is -0.375. The number of benzene rings is 1. The van der Waals surface area contributed by atoms with Gasteiger partial charge in [0.25, 0.3) is 0 Å². The Hall–Kier alpha value is -3.29. The predicted octanol–water partition coefficient (Wildman–Crippen LogP) is 1.98. The molecule has 0 saturated carbocycles. The van der Waals surface area contributed by atoms with Crippen LogP contribution >= 0.6 is 0 Å². The third-order valence-corrected chi connectivity index (χ3v) is 3.45. The Balaban J connectivity index is 1.75. The Morgan fingerprint density at radius 2 is 2.13 bits per heavy atom. The molecule has 0 spiro atoms. The molecular weight excluding hydrogens is 298 g/mol. The van der Waals surface area contributed by atoms with Gasteiger partial charge in [-0.05, 0) is 40.6 Å². The topological polar surface area (TPSA) is 95.4 Å². The van der Waals surface area contributed by atoms with Crippen molar-refractivity contribution in [1.82, 2.24) is 25.3 Å². The molecule has 8 nitrogen and oxygen atoms in total. The van der Waals surface area contributed by atoms with E-state index in [-0.39, 0.29) is 5.63 Å². The highest BCUT2D eigenvalue weighted by atomic mass is 16.5. The van der Waals surface area contributed by atoms with Crippen LogP contribution in [0.15, 0.2) is 45.6 Å². The predicted molar refractivity (Wildman–Crippen MR) is 80.5 cm³/mol. The molecule has 8 heteroatoms. The molecule has 23 heavy (non-hydrogen) atoms. The molecule has 114 valence electrons. The van der Waals surface area contributed by atoms with E-state index >= 15 is 0 Å². The maximum Gasteiger partial charge on any atom is 0.336 e. The lowest BCUT2D eigenvalue weighted by Crippen LogP contribution is -2.00. The monoisotopic (exact) mass is 309 g/mol. The van der Waals surface area contributed by atoms with Crippen molar-refractivity contribution >= 4 is 16.6 Å². The molecule has 0 fully saturated rings. The zero-order valence-electron chi connectivity index (χ0n) is 12.1. The Morgan fingerprint density at radius 1 is 1.22 bits per heavy atom. The SMILES string of the molecule is CCc1cc(=O)oc2cc(Oc3ccc4nnnn4n3)ccc12. The summed E-state index contributed by atoms with van der Waals surface area (Å²) in [6.45, 7) is 1.99. The lowest BCUT2D eigenvalue weighted by atomic mass is 10.1. The van der Waals surface area contributed by atoms with Crippen LogP contribution in [0.25, 0.3) is 16.6 Å². The molecule has 0 unspecified atom stereocenters. The largest absolute Gasteiger partial charge is 0.437 e. The van der Waals surface area contributed by atoms with E-state index in [1.165, 1.54) is 10.7 Å². The van der Waals surface area contributed by atoms with Crippen LogP contribution in [0, 0.1) is 0 Å². The van der Waals surface area contributed by atoms with Gasteiger partial charge in [-0.1, -0.05) is 6.92 Å². The molecule has 0 bridgehead atoms. The van der Waals surface area contributed by atoms with Gasteiger partial charge in [0, 0.05) is 23.6 Å². The molecule has 0 aliphatic rings. The molecular formula is C15H11N5O3. The van der Waals surface area contributed by atoms with Crippen LogP contribution in [0.4, 0.5) is 0 Å². The zero-order valence-corrected chi connectivity index (χ0v) is 12.1. The normalized spacial score (nSPS) is 11.2. The minimum absolute atomic E-state index is 0.332. The van der Waals surface area contributed by atoms with E-state index in [0.29, 0.717) is 22.9 Å². The van der Waals surface area contributed by atoms with Crippen LogP contribution in [0.2, 0.25) is 0 Å². The molecule has 0 aliphatic carbocycles. The Labute approximate surface area is 129 Å². The van der Waals surface area contributed by atoms with Gasteiger partial charge in [0.15, 0.2) is 5.65 Å². The summed E-state index contributed by atoms with van der Waals surface area (Å²) in [7, 11) is 0. The van der Waals surface area contributed by atoms with Crippen LogP contribution in [-0.2, 0) is 6.42 Å². The summed E-state index contributed by atoms with van der Waals surface area (Å²) in [5.74, 6) is 0.840. The number of hydrogen-bond donors (Lipinski definition) is 0. The van der Waals surface area contributed by atoms with Crippen LogP contribution in [-0.4, -0.2) is 25.3 Å².